The van der Waals surface area contributed by atoms with E-state index in [9.17, 15) is 13.2 Å². The Morgan fingerprint density at radius 1 is 1.29 bits per heavy atom. The van der Waals surface area contributed by atoms with Crippen LogP contribution in [0, 0.1) is 0 Å². The highest BCUT2D eigenvalue weighted by molar-refractivity contribution is 8.00. The van der Waals surface area contributed by atoms with E-state index in [0.29, 0.717) is 6.61 Å². The summed E-state index contributed by atoms with van der Waals surface area (Å²) in [6.07, 6.45) is 0. The van der Waals surface area contributed by atoms with Crippen molar-refractivity contribution in [2.75, 3.05) is 24.7 Å². The van der Waals surface area contributed by atoms with Crippen LogP contribution in [0.2, 0.25) is 0 Å². The highest BCUT2D eigenvalue weighted by atomic mass is 32.2. The molecule has 0 bridgehead atoms. The highest BCUT2D eigenvalue weighted by Crippen LogP contribution is 2.29. The van der Waals surface area contributed by atoms with Crippen LogP contribution >= 0.6 is 11.8 Å². The first kappa shape index (κ1) is 14.2. The van der Waals surface area contributed by atoms with Crippen LogP contribution in [0.1, 0.15) is 5.56 Å². The summed E-state index contributed by atoms with van der Waals surface area (Å²) in [7, 11) is 1.58. The molecule has 0 spiro atoms. The van der Waals surface area contributed by atoms with Gasteiger partial charge in [0.1, 0.15) is 0 Å². The first-order chi connectivity index (χ1) is 8.03. The van der Waals surface area contributed by atoms with Crippen LogP contribution in [-0.2, 0) is 11.3 Å². The predicted octanol–water partition coefficient (Wildman–Crippen LogP) is 3.50. The molecule has 6 heteroatoms. The molecular formula is C11H14F3NOS. The third kappa shape index (κ3) is 5.83. The van der Waals surface area contributed by atoms with E-state index in [2.05, 4.69) is 5.32 Å². The van der Waals surface area contributed by atoms with Crippen molar-refractivity contribution < 1.29 is 17.9 Å². The van der Waals surface area contributed by atoms with Gasteiger partial charge in [-0.25, -0.2) is 0 Å². The van der Waals surface area contributed by atoms with E-state index in [-0.39, 0.29) is 24.1 Å². The fraction of sp³-hybridized carbons (Fsp3) is 0.455. The van der Waals surface area contributed by atoms with Crippen LogP contribution in [0.15, 0.2) is 24.3 Å². The Morgan fingerprint density at radius 3 is 2.65 bits per heavy atom. The number of methoxy groups -OCH3 is 1. The largest absolute Gasteiger partial charge is 0.441 e. The van der Waals surface area contributed by atoms with Crippen LogP contribution in [-0.4, -0.2) is 24.9 Å². The van der Waals surface area contributed by atoms with Gasteiger partial charge < -0.3 is 10.1 Å². The predicted molar refractivity (Wildman–Crippen MR) is 64.2 cm³/mol. The molecule has 1 aromatic rings. The van der Waals surface area contributed by atoms with Gasteiger partial charge in [-0.2, -0.15) is 13.2 Å². The van der Waals surface area contributed by atoms with E-state index in [0.717, 1.165) is 11.3 Å². The standard InChI is InChI=1S/C11H14F3NOS/c1-16-8-9-4-2-3-5-10(9)15-6-7-17-11(12,13)14/h2-5,15H,6-8H2,1H3. The molecule has 0 aromatic heterocycles. The first-order valence-electron chi connectivity index (χ1n) is 5.04. The number of thioether (sulfide) groups is 1. The summed E-state index contributed by atoms with van der Waals surface area (Å²) in [5.74, 6) is -0.00911. The molecule has 0 fully saturated rings. The minimum Gasteiger partial charge on any atom is -0.384 e. The van der Waals surface area contributed by atoms with Gasteiger partial charge in [-0.05, 0) is 17.8 Å². The molecule has 0 aliphatic heterocycles. The summed E-state index contributed by atoms with van der Waals surface area (Å²) in [4.78, 5) is 0. The number of ether oxygens (including phenoxy) is 1. The normalized spacial score (nSPS) is 11.5. The quantitative estimate of drug-likeness (QED) is 0.795. The van der Waals surface area contributed by atoms with Gasteiger partial charge in [0, 0.05) is 30.7 Å². The number of hydrogen-bond acceptors (Lipinski definition) is 3. The van der Waals surface area contributed by atoms with Crippen LogP contribution in [0.3, 0.4) is 0 Å². The lowest BCUT2D eigenvalue weighted by atomic mass is 10.2. The summed E-state index contributed by atoms with van der Waals surface area (Å²) < 4.78 is 40.7. The number of benzene rings is 1. The van der Waals surface area contributed by atoms with E-state index in [4.69, 9.17) is 4.74 Å². The Labute approximate surface area is 103 Å². The van der Waals surface area contributed by atoms with Crippen molar-refractivity contribution >= 4 is 17.4 Å². The van der Waals surface area contributed by atoms with E-state index in [1.165, 1.54) is 0 Å². The monoisotopic (exact) mass is 265 g/mol. The summed E-state index contributed by atoms with van der Waals surface area (Å²) in [5.41, 5.74) is -2.41. The fourth-order valence-corrected chi connectivity index (χ4v) is 1.76. The maximum absolute atomic E-state index is 11.9. The molecule has 1 N–H and O–H groups in total. The van der Waals surface area contributed by atoms with Gasteiger partial charge in [-0.3, -0.25) is 0 Å². The zero-order valence-electron chi connectivity index (χ0n) is 9.38. The first-order valence-corrected chi connectivity index (χ1v) is 6.03. The zero-order chi connectivity index (χ0) is 12.7. The van der Waals surface area contributed by atoms with Gasteiger partial charge >= 0.3 is 5.51 Å². The Morgan fingerprint density at radius 2 is 2.00 bits per heavy atom. The average Bonchev–Trinajstić information content (AvgIpc) is 2.25. The van der Waals surface area contributed by atoms with E-state index in [1.54, 1.807) is 7.11 Å². The number of anilines is 1. The van der Waals surface area contributed by atoms with Crippen molar-refractivity contribution in [1.29, 1.82) is 0 Å². The van der Waals surface area contributed by atoms with Gasteiger partial charge in [-0.1, -0.05) is 18.2 Å². The van der Waals surface area contributed by atoms with Gasteiger partial charge in [0.15, 0.2) is 0 Å². The minimum atomic E-state index is -4.16. The Balaban J connectivity index is 2.41. The molecule has 2 nitrogen and oxygen atoms in total. The molecule has 0 atom stereocenters. The Hall–Kier alpha value is -0.880. The summed E-state index contributed by atoms with van der Waals surface area (Å²) in [6, 6.07) is 7.40. The number of alkyl halides is 3. The second-order valence-corrected chi connectivity index (χ2v) is 4.47. The molecule has 1 rings (SSSR count). The van der Waals surface area contributed by atoms with Crippen molar-refractivity contribution in [2.45, 2.75) is 12.1 Å². The lowest BCUT2D eigenvalue weighted by Gasteiger charge is -2.11. The van der Waals surface area contributed by atoms with Gasteiger partial charge in [-0.15, -0.1) is 0 Å². The molecule has 0 aliphatic carbocycles. The average molecular weight is 265 g/mol. The van der Waals surface area contributed by atoms with Crippen LogP contribution in [0.25, 0.3) is 0 Å². The molecular weight excluding hydrogens is 251 g/mol. The molecule has 1 aromatic carbocycles. The summed E-state index contributed by atoms with van der Waals surface area (Å²) in [6.45, 7) is 0.709. The van der Waals surface area contributed by atoms with Gasteiger partial charge in [0.2, 0.25) is 0 Å². The molecule has 0 aliphatic rings. The van der Waals surface area contributed by atoms with Crippen molar-refractivity contribution in [1.82, 2.24) is 0 Å². The van der Waals surface area contributed by atoms with Crippen molar-refractivity contribution in [3.05, 3.63) is 29.8 Å². The Kier molecular flexibility index (Phi) is 5.64. The van der Waals surface area contributed by atoms with Crippen molar-refractivity contribution in [2.24, 2.45) is 0 Å². The summed E-state index contributed by atoms with van der Waals surface area (Å²) in [5, 5.41) is 2.97. The molecule has 96 valence electrons. The fourth-order valence-electron chi connectivity index (χ4n) is 1.33. The van der Waals surface area contributed by atoms with Gasteiger partial charge in [0.25, 0.3) is 0 Å². The number of halogens is 3. The molecule has 0 saturated heterocycles. The maximum Gasteiger partial charge on any atom is 0.441 e. The van der Waals surface area contributed by atoms with Crippen LogP contribution in [0.4, 0.5) is 18.9 Å². The lowest BCUT2D eigenvalue weighted by molar-refractivity contribution is -0.0327. The second kappa shape index (κ2) is 6.76. The molecule has 17 heavy (non-hydrogen) atoms. The Bertz CT molecular complexity index is 344. The van der Waals surface area contributed by atoms with Crippen molar-refractivity contribution in [3.63, 3.8) is 0 Å². The SMILES string of the molecule is COCc1ccccc1NCCSC(F)(F)F. The zero-order valence-corrected chi connectivity index (χ0v) is 10.2. The number of nitrogens with one attached hydrogen (secondary N) is 1. The smallest absolute Gasteiger partial charge is 0.384 e. The number of hydrogen-bond donors (Lipinski definition) is 1. The third-order valence-corrected chi connectivity index (χ3v) is 2.74. The second-order valence-electron chi connectivity index (χ2n) is 3.31. The van der Waals surface area contributed by atoms with Gasteiger partial charge in [0.05, 0.1) is 6.61 Å². The molecule has 0 amide bonds. The van der Waals surface area contributed by atoms with E-state index in [1.807, 2.05) is 24.3 Å². The topological polar surface area (TPSA) is 21.3 Å². The molecule has 0 radical (unpaired) electrons. The van der Waals surface area contributed by atoms with E-state index >= 15 is 0 Å². The van der Waals surface area contributed by atoms with E-state index < -0.39 is 5.51 Å². The number of para-hydroxylation sites is 1. The maximum atomic E-state index is 11.9. The number of rotatable bonds is 6. The van der Waals surface area contributed by atoms with Crippen LogP contribution in [0.5, 0.6) is 0 Å². The molecule has 0 saturated carbocycles. The third-order valence-electron chi connectivity index (χ3n) is 2.00. The van der Waals surface area contributed by atoms with Crippen LogP contribution < -0.4 is 5.32 Å². The lowest BCUT2D eigenvalue weighted by Crippen LogP contribution is -2.10. The highest BCUT2D eigenvalue weighted by Gasteiger charge is 2.27. The minimum absolute atomic E-state index is 0.00911. The molecule has 0 heterocycles. The molecule has 0 unspecified atom stereocenters. The summed E-state index contributed by atoms with van der Waals surface area (Å²) >= 11 is -0.0217. The van der Waals surface area contributed by atoms with Crippen molar-refractivity contribution in [3.8, 4) is 0 Å².